The largest absolute Gasteiger partial charge is 0.341 e. The standard InChI is InChI=1S/C14H15N5O/c1-9-3-5-10(6-4-9)8-19(2)14-16-12-11(7-15-18-12)13(20)17-14/h3-7H,8H2,1-2H3,(H2,15,16,17,18,20). The Morgan fingerprint density at radius 1 is 1.25 bits per heavy atom. The average Bonchev–Trinajstić information content (AvgIpc) is 2.90. The lowest BCUT2D eigenvalue weighted by Crippen LogP contribution is -2.22. The minimum atomic E-state index is -0.186. The van der Waals surface area contributed by atoms with Gasteiger partial charge in [-0.1, -0.05) is 29.8 Å². The van der Waals surface area contributed by atoms with Crippen LogP contribution in [0.5, 0.6) is 0 Å². The summed E-state index contributed by atoms with van der Waals surface area (Å²) in [5, 5.41) is 7.02. The summed E-state index contributed by atoms with van der Waals surface area (Å²) >= 11 is 0. The molecule has 0 aliphatic carbocycles. The Morgan fingerprint density at radius 2 is 2.00 bits per heavy atom. The van der Waals surface area contributed by atoms with E-state index in [-0.39, 0.29) is 5.56 Å². The van der Waals surface area contributed by atoms with Crippen LogP contribution < -0.4 is 10.5 Å². The molecule has 6 heteroatoms. The van der Waals surface area contributed by atoms with Crippen LogP contribution in [0.25, 0.3) is 11.0 Å². The Balaban J connectivity index is 1.90. The van der Waals surface area contributed by atoms with Crippen molar-refractivity contribution in [3.05, 3.63) is 51.9 Å². The number of nitrogens with zero attached hydrogens (tertiary/aromatic N) is 3. The molecule has 0 amide bonds. The molecular weight excluding hydrogens is 254 g/mol. The molecule has 0 fully saturated rings. The number of benzene rings is 1. The maximum Gasteiger partial charge on any atom is 0.263 e. The van der Waals surface area contributed by atoms with Gasteiger partial charge in [-0.2, -0.15) is 10.1 Å². The van der Waals surface area contributed by atoms with Crippen molar-refractivity contribution in [1.29, 1.82) is 0 Å². The third kappa shape index (κ3) is 2.27. The number of aryl methyl sites for hydroxylation is 1. The Morgan fingerprint density at radius 3 is 2.75 bits per heavy atom. The van der Waals surface area contributed by atoms with Crippen molar-refractivity contribution < 1.29 is 0 Å². The molecule has 3 rings (SSSR count). The van der Waals surface area contributed by atoms with Crippen LogP contribution in [0.1, 0.15) is 11.1 Å². The second-order valence-electron chi connectivity index (χ2n) is 4.86. The molecule has 0 aliphatic heterocycles. The highest BCUT2D eigenvalue weighted by Gasteiger charge is 2.09. The van der Waals surface area contributed by atoms with E-state index in [9.17, 15) is 4.79 Å². The molecule has 0 unspecified atom stereocenters. The van der Waals surface area contributed by atoms with E-state index < -0.39 is 0 Å². The number of fused-ring (bicyclic) bond motifs is 1. The fourth-order valence-corrected chi connectivity index (χ4v) is 2.06. The number of H-pyrrole nitrogens is 2. The Hall–Kier alpha value is -2.63. The Labute approximate surface area is 115 Å². The van der Waals surface area contributed by atoms with Crippen molar-refractivity contribution in [2.45, 2.75) is 13.5 Å². The number of rotatable bonds is 3. The summed E-state index contributed by atoms with van der Waals surface area (Å²) in [4.78, 5) is 20.9. The van der Waals surface area contributed by atoms with Crippen LogP contribution in [0.4, 0.5) is 5.95 Å². The minimum Gasteiger partial charge on any atom is -0.341 e. The summed E-state index contributed by atoms with van der Waals surface area (Å²) in [6.45, 7) is 2.72. The van der Waals surface area contributed by atoms with Crippen LogP contribution in [-0.2, 0) is 6.54 Å². The van der Waals surface area contributed by atoms with Gasteiger partial charge in [0.25, 0.3) is 5.56 Å². The molecule has 2 aromatic heterocycles. The molecule has 0 bridgehead atoms. The Bertz CT molecular complexity index is 787. The number of hydrogen-bond acceptors (Lipinski definition) is 4. The van der Waals surface area contributed by atoms with Gasteiger partial charge in [-0.15, -0.1) is 0 Å². The fraction of sp³-hybridized carbons (Fsp3) is 0.214. The summed E-state index contributed by atoms with van der Waals surface area (Å²) in [6.07, 6.45) is 1.48. The highest BCUT2D eigenvalue weighted by atomic mass is 16.1. The summed E-state index contributed by atoms with van der Waals surface area (Å²) in [6, 6.07) is 8.27. The van der Waals surface area contributed by atoms with Gasteiger partial charge in [0.15, 0.2) is 5.65 Å². The lowest BCUT2D eigenvalue weighted by Gasteiger charge is -2.17. The first-order valence-electron chi connectivity index (χ1n) is 6.33. The van der Waals surface area contributed by atoms with Crippen molar-refractivity contribution in [3.63, 3.8) is 0 Å². The number of nitrogens with one attached hydrogen (secondary N) is 2. The molecule has 0 saturated carbocycles. The van der Waals surface area contributed by atoms with Gasteiger partial charge in [-0.25, -0.2) is 0 Å². The maximum atomic E-state index is 11.9. The van der Waals surface area contributed by atoms with Gasteiger partial charge in [0, 0.05) is 13.6 Å². The molecule has 1 aromatic carbocycles. The Kier molecular flexibility index (Phi) is 2.98. The molecule has 0 radical (unpaired) electrons. The molecule has 2 heterocycles. The van der Waals surface area contributed by atoms with Crippen molar-refractivity contribution in [2.24, 2.45) is 0 Å². The monoisotopic (exact) mass is 269 g/mol. The topological polar surface area (TPSA) is 77.7 Å². The van der Waals surface area contributed by atoms with Crippen molar-refractivity contribution >= 4 is 17.0 Å². The van der Waals surface area contributed by atoms with E-state index in [4.69, 9.17) is 0 Å². The molecule has 102 valence electrons. The van der Waals surface area contributed by atoms with Crippen molar-refractivity contribution in [1.82, 2.24) is 20.2 Å². The molecule has 3 aromatic rings. The summed E-state index contributed by atoms with van der Waals surface area (Å²) < 4.78 is 0. The lowest BCUT2D eigenvalue weighted by molar-refractivity contribution is 0.866. The van der Waals surface area contributed by atoms with Gasteiger partial charge in [-0.05, 0) is 12.5 Å². The third-order valence-electron chi connectivity index (χ3n) is 3.21. The van der Waals surface area contributed by atoms with Crippen LogP contribution in [0, 0.1) is 6.92 Å². The zero-order valence-electron chi connectivity index (χ0n) is 11.3. The van der Waals surface area contributed by atoms with Crippen LogP contribution in [0.2, 0.25) is 0 Å². The van der Waals surface area contributed by atoms with Gasteiger partial charge in [0.05, 0.1) is 6.20 Å². The predicted molar refractivity (Wildman–Crippen MR) is 77.8 cm³/mol. The molecule has 0 spiro atoms. The van der Waals surface area contributed by atoms with E-state index in [0.717, 1.165) is 5.56 Å². The van der Waals surface area contributed by atoms with E-state index in [1.807, 2.05) is 11.9 Å². The minimum absolute atomic E-state index is 0.186. The predicted octanol–water partition coefficient (Wildman–Crippen LogP) is 1.59. The van der Waals surface area contributed by atoms with E-state index >= 15 is 0 Å². The highest BCUT2D eigenvalue weighted by Crippen LogP contribution is 2.12. The maximum absolute atomic E-state index is 11.9. The number of anilines is 1. The number of hydrogen-bond donors (Lipinski definition) is 2. The third-order valence-corrected chi connectivity index (χ3v) is 3.21. The van der Waals surface area contributed by atoms with Gasteiger partial charge < -0.3 is 4.90 Å². The first-order valence-corrected chi connectivity index (χ1v) is 6.33. The quantitative estimate of drug-likeness (QED) is 0.757. The van der Waals surface area contributed by atoms with E-state index in [0.29, 0.717) is 23.5 Å². The van der Waals surface area contributed by atoms with Crippen LogP contribution in [0.3, 0.4) is 0 Å². The SMILES string of the molecule is Cc1ccc(CN(C)c2nc3[nH]ncc3c(=O)[nH]2)cc1. The second kappa shape index (κ2) is 4.80. The zero-order valence-corrected chi connectivity index (χ0v) is 11.3. The molecule has 0 atom stereocenters. The molecule has 6 nitrogen and oxygen atoms in total. The van der Waals surface area contributed by atoms with Gasteiger partial charge in [0.1, 0.15) is 5.39 Å². The summed E-state index contributed by atoms with van der Waals surface area (Å²) in [7, 11) is 1.89. The van der Waals surface area contributed by atoms with Crippen LogP contribution in [0.15, 0.2) is 35.3 Å². The number of aromatic amines is 2. The van der Waals surface area contributed by atoms with E-state index in [2.05, 4.69) is 51.4 Å². The zero-order chi connectivity index (χ0) is 14.1. The van der Waals surface area contributed by atoms with Gasteiger partial charge in [-0.3, -0.25) is 14.9 Å². The molecular formula is C14H15N5O. The summed E-state index contributed by atoms with van der Waals surface area (Å²) in [5.74, 6) is 0.521. The highest BCUT2D eigenvalue weighted by molar-refractivity contribution is 5.73. The molecule has 20 heavy (non-hydrogen) atoms. The molecule has 0 aliphatic rings. The molecule has 2 N–H and O–H groups in total. The fourth-order valence-electron chi connectivity index (χ4n) is 2.06. The first-order chi connectivity index (χ1) is 9.63. The first kappa shape index (κ1) is 12.4. The van der Waals surface area contributed by atoms with Crippen LogP contribution in [-0.4, -0.2) is 27.2 Å². The smallest absolute Gasteiger partial charge is 0.263 e. The van der Waals surface area contributed by atoms with E-state index in [1.165, 1.54) is 11.8 Å². The summed E-state index contributed by atoms with van der Waals surface area (Å²) in [5.41, 5.74) is 2.70. The van der Waals surface area contributed by atoms with Gasteiger partial charge in [0.2, 0.25) is 5.95 Å². The van der Waals surface area contributed by atoms with Gasteiger partial charge >= 0.3 is 0 Å². The second-order valence-corrected chi connectivity index (χ2v) is 4.86. The van der Waals surface area contributed by atoms with Crippen molar-refractivity contribution in [3.8, 4) is 0 Å². The lowest BCUT2D eigenvalue weighted by atomic mass is 10.1. The van der Waals surface area contributed by atoms with Crippen molar-refractivity contribution in [2.75, 3.05) is 11.9 Å². The van der Waals surface area contributed by atoms with Crippen LogP contribution >= 0.6 is 0 Å². The molecule has 0 saturated heterocycles. The normalized spacial score (nSPS) is 10.9. The van der Waals surface area contributed by atoms with E-state index in [1.54, 1.807) is 0 Å². The average molecular weight is 269 g/mol. The number of aromatic nitrogens is 4.